The van der Waals surface area contributed by atoms with E-state index in [1.54, 1.807) is 24.3 Å². The summed E-state index contributed by atoms with van der Waals surface area (Å²) in [5.41, 5.74) is 8.11. The van der Waals surface area contributed by atoms with Gasteiger partial charge in [-0.05, 0) is 66.3 Å². The Morgan fingerprint density at radius 2 is 1.97 bits per heavy atom. The number of rotatable bonds is 8. The monoisotopic (exact) mass is 564 g/mol. The fraction of sp³-hybridized carbons (Fsp3) is 0.370. The van der Waals surface area contributed by atoms with Crippen molar-refractivity contribution in [3.8, 4) is 0 Å². The summed E-state index contributed by atoms with van der Waals surface area (Å²) in [5, 5.41) is 11.7. The van der Waals surface area contributed by atoms with Gasteiger partial charge >= 0.3 is 6.18 Å². The predicted molar refractivity (Wildman–Crippen MR) is 138 cm³/mol. The third kappa shape index (κ3) is 5.59. The lowest BCUT2D eigenvalue weighted by molar-refractivity contribution is -0.205. The zero-order chi connectivity index (χ0) is 27.9. The second-order valence-corrected chi connectivity index (χ2v) is 12.0. The van der Waals surface area contributed by atoms with Crippen LogP contribution in [0.1, 0.15) is 25.3 Å². The number of hydrogen-bond acceptors (Lipinski definition) is 6. The number of allylic oxidation sites excluding steroid dienone is 3. The van der Waals surface area contributed by atoms with E-state index in [2.05, 4.69) is 10.4 Å². The number of fused-ring (bicyclic) bond motifs is 1. The molecule has 1 aliphatic heterocycles. The second kappa shape index (κ2) is 10.4. The minimum absolute atomic E-state index is 0.124. The van der Waals surface area contributed by atoms with E-state index in [-0.39, 0.29) is 24.2 Å². The molecule has 3 aliphatic rings. The van der Waals surface area contributed by atoms with Crippen molar-refractivity contribution < 1.29 is 31.1 Å². The van der Waals surface area contributed by atoms with Gasteiger partial charge in [0, 0.05) is 43.2 Å². The molecule has 1 unspecified atom stereocenters. The maximum atomic E-state index is 13.4. The highest BCUT2D eigenvalue weighted by Gasteiger charge is 2.44. The van der Waals surface area contributed by atoms with Crippen molar-refractivity contribution in [1.82, 2.24) is 14.7 Å². The van der Waals surface area contributed by atoms with Crippen LogP contribution in [-0.4, -0.2) is 48.2 Å². The molecule has 12 heteroatoms. The molecule has 0 saturated heterocycles. The molecule has 7 nitrogen and oxygen atoms in total. The first kappa shape index (κ1) is 27.4. The van der Waals surface area contributed by atoms with Crippen LogP contribution in [0.2, 0.25) is 0 Å². The summed E-state index contributed by atoms with van der Waals surface area (Å²) in [6, 6.07) is 9.15. The van der Waals surface area contributed by atoms with Crippen LogP contribution < -0.4 is 10.4 Å². The maximum absolute atomic E-state index is 13.4. The van der Waals surface area contributed by atoms with Crippen LogP contribution >= 0.6 is 0 Å². The smallest absolute Gasteiger partial charge is 0.382 e. The Kier molecular flexibility index (Phi) is 7.29. The fourth-order valence-electron chi connectivity index (χ4n) is 5.54. The number of hydrogen-bond donors (Lipinski definition) is 2. The third-order valence-corrected chi connectivity index (χ3v) is 9.21. The van der Waals surface area contributed by atoms with E-state index in [1.807, 2.05) is 24.2 Å². The molecule has 5 rings (SSSR count). The number of halogens is 4. The molecule has 2 heterocycles. The van der Waals surface area contributed by atoms with Crippen LogP contribution in [0, 0.1) is 17.7 Å². The van der Waals surface area contributed by atoms with E-state index in [1.165, 1.54) is 24.5 Å². The molecule has 0 amide bonds. The van der Waals surface area contributed by atoms with Crippen molar-refractivity contribution >= 4 is 15.7 Å². The van der Waals surface area contributed by atoms with Crippen LogP contribution in [0.4, 0.5) is 23.2 Å². The molecule has 3 atom stereocenters. The normalized spacial score (nSPS) is 21.9. The Labute approximate surface area is 224 Å². The Hall–Kier alpha value is -3.22. The molecule has 0 spiro atoms. The van der Waals surface area contributed by atoms with Gasteiger partial charge in [0.05, 0.1) is 17.1 Å². The number of pyridine rings is 1. The number of nitrogens with one attached hydrogen (secondary N) is 1. The number of alkyl halides is 3. The predicted octanol–water partition coefficient (Wildman–Crippen LogP) is 4.42. The third-order valence-electron chi connectivity index (χ3n) is 7.43. The number of hydrazine groups is 1. The molecule has 1 aromatic carbocycles. The first-order valence-corrected chi connectivity index (χ1v) is 14.1. The van der Waals surface area contributed by atoms with Gasteiger partial charge in [0.2, 0.25) is 10.0 Å². The average molecular weight is 565 g/mol. The summed E-state index contributed by atoms with van der Waals surface area (Å²) in [6.45, 7) is 0.731. The SMILES string of the molecule is C[C@H]1C2=CNN(c3ccc(F)cc3)C2=CC2=C1[C@@H](CN(CC(O)C(F)(F)F)S(=O)(=O)Cc1cccnc1)CC2. The number of benzene rings is 1. The Bertz CT molecular complexity index is 1420. The van der Waals surface area contributed by atoms with Crippen LogP contribution in [0.5, 0.6) is 0 Å². The van der Waals surface area contributed by atoms with Gasteiger partial charge in [-0.3, -0.25) is 9.99 Å². The number of aromatic nitrogens is 1. The number of aliphatic hydroxyl groups excluding tert-OH is 1. The standard InChI is InChI=1S/C27H28F4N4O3S/c1-17-23-13-33-35(22-8-6-21(28)7-9-22)24(23)11-19-4-5-20(26(17)19)14-34(15-25(36)27(29,30)31)39(37,38)16-18-3-2-10-32-12-18/h2-3,6-13,17,20,25,33,36H,4-5,14-16H2,1H3/t17-,20+,25?/m0/s1. The minimum Gasteiger partial charge on any atom is -0.382 e. The quantitative estimate of drug-likeness (QED) is 0.462. The Morgan fingerprint density at radius 1 is 1.23 bits per heavy atom. The molecule has 1 aromatic heterocycles. The molecule has 0 bridgehead atoms. The van der Waals surface area contributed by atoms with Gasteiger partial charge in [0.15, 0.2) is 6.10 Å². The summed E-state index contributed by atoms with van der Waals surface area (Å²) in [4.78, 5) is 3.90. The van der Waals surface area contributed by atoms with Gasteiger partial charge in [-0.1, -0.05) is 18.6 Å². The first-order chi connectivity index (χ1) is 18.4. The van der Waals surface area contributed by atoms with E-state index in [0.717, 1.165) is 32.4 Å². The molecule has 0 radical (unpaired) electrons. The molecule has 0 fully saturated rings. The molecular weight excluding hydrogens is 536 g/mol. The lowest BCUT2D eigenvalue weighted by Gasteiger charge is -2.32. The summed E-state index contributed by atoms with van der Waals surface area (Å²) >= 11 is 0. The van der Waals surface area contributed by atoms with Crippen molar-refractivity contribution in [2.75, 3.05) is 18.1 Å². The van der Waals surface area contributed by atoms with Crippen LogP contribution in [-0.2, 0) is 15.8 Å². The summed E-state index contributed by atoms with van der Waals surface area (Å²) in [7, 11) is -4.21. The van der Waals surface area contributed by atoms with E-state index in [4.69, 9.17) is 0 Å². The molecule has 2 aliphatic carbocycles. The van der Waals surface area contributed by atoms with Gasteiger partial charge in [-0.2, -0.15) is 17.5 Å². The van der Waals surface area contributed by atoms with E-state index >= 15 is 0 Å². The zero-order valence-corrected chi connectivity index (χ0v) is 21.9. The van der Waals surface area contributed by atoms with Crippen LogP contribution in [0.25, 0.3) is 0 Å². The van der Waals surface area contributed by atoms with Gasteiger partial charge in [0.1, 0.15) is 5.82 Å². The number of nitrogens with zero attached hydrogens (tertiary/aromatic N) is 3. The fourth-order valence-corrected chi connectivity index (χ4v) is 7.09. The summed E-state index contributed by atoms with van der Waals surface area (Å²) in [5.74, 6) is -1.32. The van der Waals surface area contributed by atoms with Crippen molar-refractivity contribution in [2.24, 2.45) is 11.8 Å². The highest BCUT2D eigenvalue weighted by Crippen LogP contribution is 2.48. The molecule has 0 saturated carbocycles. The van der Waals surface area contributed by atoms with Crippen LogP contribution in [0.3, 0.4) is 0 Å². The van der Waals surface area contributed by atoms with Gasteiger partial charge in [-0.15, -0.1) is 0 Å². The van der Waals surface area contributed by atoms with Crippen molar-refractivity contribution in [1.29, 1.82) is 0 Å². The average Bonchev–Trinajstić information content (AvgIpc) is 3.49. The highest BCUT2D eigenvalue weighted by atomic mass is 32.2. The molecule has 2 aromatic rings. The number of aliphatic hydroxyl groups is 1. The first-order valence-electron chi connectivity index (χ1n) is 12.5. The summed E-state index contributed by atoms with van der Waals surface area (Å²) < 4.78 is 80.7. The zero-order valence-electron chi connectivity index (χ0n) is 21.1. The van der Waals surface area contributed by atoms with Gasteiger partial charge < -0.3 is 10.5 Å². The molecule has 2 N–H and O–H groups in total. The van der Waals surface area contributed by atoms with Gasteiger partial charge in [0.25, 0.3) is 0 Å². The number of sulfonamides is 1. The van der Waals surface area contributed by atoms with Crippen molar-refractivity contribution in [2.45, 2.75) is 37.8 Å². The molecule has 39 heavy (non-hydrogen) atoms. The Morgan fingerprint density at radius 3 is 2.64 bits per heavy atom. The molecule has 208 valence electrons. The van der Waals surface area contributed by atoms with Crippen LogP contribution in [0.15, 0.2) is 83.5 Å². The van der Waals surface area contributed by atoms with E-state index in [9.17, 15) is 31.1 Å². The lowest BCUT2D eigenvalue weighted by Crippen LogP contribution is -2.46. The minimum atomic E-state index is -4.96. The largest absolute Gasteiger partial charge is 0.415 e. The maximum Gasteiger partial charge on any atom is 0.415 e. The Balaban J connectivity index is 1.42. The lowest BCUT2D eigenvalue weighted by atomic mass is 9.80. The highest BCUT2D eigenvalue weighted by molar-refractivity contribution is 7.88. The van der Waals surface area contributed by atoms with E-state index in [0.29, 0.717) is 18.4 Å². The second-order valence-electron chi connectivity index (χ2n) is 10.00. The van der Waals surface area contributed by atoms with E-state index < -0.39 is 34.6 Å². The topological polar surface area (TPSA) is 85.8 Å². The summed E-state index contributed by atoms with van der Waals surface area (Å²) in [6.07, 6.45) is 0.109. The number of anilines is 1. The van der Waals surface area contributed by atoms with Gasteiger partial charge in [-0.25, -0.2) is 12.8 Å². The molecular formula is C27H28F4N4O3S. The van der Waals surface area contributed by atoms with Crippen molar-refractivity contribution in [3.63, 3.8) is 0 Å². The van der Waals surface area contributed by atoms with Crippen molar-refractivity contribution in [3.05, 3.63) is 94.9 Å².